The zero-order valence-corrected chi connectivity index (χ0v) is 20.7. The Kier molecular flexibility index (Phi) is 7.80. The van der Waals surface area contributed by atoms with E-state index < -0.39 is 10.2 Å². The number of anilines is 3. The van der Waals surface area contributed by atoms with E-state index in [2.05, 4.69) is 28.8 Å². The number of nitrogen functional groups attached to an aromatic ring is 1. The first-order valence-corrected chi connectivity index (χ1v) is 11.4. The Labute approximate surface area is 213 Å². The molecule has 0 aromatic heterocycles. The van der Waals surface area contributed by atoms with Crippen molar-refractivity contribution in [3.8, 4) is 0 Å². The second-order valence-electron chi connectivity index (χ2n) is 7.50. The van der Waals surface area contributed by atoms with E-state index in [1.165, 1.54) is 12.3 Å². The topological polar surface area (TPSA) is 79.5 Å². The van der Waals surface area contributed by atoms with Crippen molar-refractivity contribution in [2.75, 3.05) is 16.4 Å². The van der Waals surface area contributed by atoms with E-state index in [0.717, 1.165) is 5.56 Å². The Morgan fingerprint density at radius 3 is 2.55 bits per heavy atom. The van der Waals surface area contributed by atoms with Gasteiger partial charge in [-0.3, -0.25) is 9.79 Å². The Bertz CT molecular complexity index is 1150. The van der Waals surface area contributed by atoms with Crippen LogP contribution in [0.3, 0.4) is 0 Å². The second kappa shape index (κ2) is 10.2. The number of hydrogen-bond acceptors (Lipinski definition) is 4. The van der Waals surface area contributed by atoms with Gasteiger partial charge in [0.15, 0.2) is 0 Å². The molecule has 2 aromatic carbocycles. The van der Waals surface area contributed by atoms with E-state index in [9.17, 15) is 4.79 Å². The fourth-order valence-corrected chi connectivity index (χ4v) is 4.76. The molecule has 1 aliphatic rings. The van der Waals surface area contributed by atoms with Gasteiger partial charge in [-0.2, -0.15) is 0 Å². The van der Waals surface area contributed by atoms with Crippen LogP contribution in [0.4, 0.5) is 17.1 Å². The molecule has 1 amide bonds. The highest BCUT2D eigenvalue weighted by Gasteiger charge is 2.65. The highest BCUT2D eigenvalue weighted by Crippen LogP contribution is 2.67. The molecule has 1 fully saturated rings. The molecule has 0 saturated heterocycles. The average molecular weight is 524 g/mol. The van der Waals surface area contributed by atoms with E-state index >= 15 is 0 Å². The fourth-order valence-electron chi connectivity index (χ4n) is 3.45. The first-order valence-electron chi connectivity index (χ1n) is 9.88. The van der Waals surface area contributed by atoms with Crippen LogP contribution in [0.15, 0.2) is 78.1 Å². The molecule has 4 N–H and O–H groups in total. The number of amides is 1. The highest BCUT2D eigenvalue weighted by molar-refractivity contribution is 6.52. The third kappa shape index (κ3) is 5.92. The third-order valence-electron chi connectivity index (χ3n) is 5.05. The standard InChI is InChI=1S/C24H22Cl4N4O/c1-4-30-8-7-13(2)23(33)32-20-12-18(5-6-19(20)26)31-14(3)21-22(24(21,27)28)15-9-16(25)11-17(29)10-15/h4-12,21-22,31H,2-3,29H2,1H3,(H,32,33)/b8-7-,30-4-. The monoisotopic (exact) mass is 522 g/mol. The first-order chi connectivity index (χ1) is 15.5. The Balaban J connectivity index is 1.73. The number of halogens is 4. The van der Waals surface area contributed by atoms with Crippen LogP contribution >= 0.6 is 46.4 Å². The molecule has 5 nitrogen and oxygen atoms in total. The minimum Gasteiger partial charge on any atom is -0.399 e. The summed E-state index contributed by atoms with van der Waals surface area (Å²) in [6, 6.07) is 10.3. The minimum absolute atomic E-state index is 0.228. The van der Waals surface area contributed by atoms with Crippen LogP contribution < -0.4 is 16.4 Å². The molecule has 33 heavy (non-hydrogen) atoms. The van der Waals surface area contributed by atoms with Crippen LogP contribution in [-0.2, 0) is 4.79 Å². The first kappa shape index (κ1) is 25.2. The quantitative estimate of drug-likeness (QED) is 0.113. The lowest BCUT2D eigenvalue weighted by molar-refractivity contribution is -0.112. The molecular weight excluding hydrogens is 502 g/mol. The van der Waals surface area contributed by atoms with Crippen molar-refractivity contribution in [1.82, 2.24) is 0 Å². The molecule has 0 aliphatic heterocycles. The normalized spacial score (nSPS) is 18.9. The minimum atomic E-state index is -1.06. The summed E-state index contributed by atoms with van der Waals surface area (Å²) in [5.74, 6) is -0.914. The van der Waals surface area contributed by atoms with Crippen LogP contribution in [0.2, 0.25) is 10.0 Å². The largest absolute Gasteiger partial charge is 0.399 e. The summed E-state index contributed by atoms with van der Waals surface area (Å²) in [5, 5.41) is 6.82. The smallest absolute Gasteiger partial charge is 0.255 e. The predicted molar refractivity (Wildman–Crippen MR) is 142 cm³/mol. The molecule has 2 atom stereocenters. The molecule has 2 unspecified atom stereocenters. The molecule has 9 heteroatoms. The molecule has 0 bridgehead atoms. The lowest BCUT2D eigenvalue weighted by Crippen LogP contribution is -2.13. The van der Waals surface area contributed by atoms with Gasteiger partial charge in [-0.25, -0.2) is 0 Å². The summed E-state index contributed by atoms with van der Waals surface area (Å²) in [7, 11) is 0. The maximum Gasteiger partial charge on any atom is 0.255 e. The molecule has 1 aliphatic carbocycles. The van der Waals surface area contributed by atoms with Crippen LogP contribution in [0.1, 0.15) is 18.4 Å². The van der Waals surface area contributed by atoms with Gasteiger partial charge in [0.05, 0.1) is 10.7 Å². The number of rotatable bonds is 8. The van der Waals surface area contributed by atoms with Gasteiger partial charge >= 0.3 is 0 Å². The molecule has 0 spiro atoms. The zero-order chi connectivity index (χ0) is 24.3. The number of allylic oxidation sites excluding steroid dienone is 1. The molecule has 0 radical (unpaired) electrons. The van der Waals surface area contributed by atoms with Gasteiger partial charge in [-0.15, -0.1) is 23.2 Å². The Morgan fingerprint density at radius 1 is 1.15 bits per heavy atom. The second-order valence-corrected chi connectivity index (χ2v) is 9.78. The number of nitrogens with zero attached hydrogens (tertiary/aromatic N) is 1. The van der Waals surface area contributed by atoms with E-state index in [0.29, 0.717) is 32.8 Å². The molecule has 1 saturated carbocycles. The van der Waals surface area contributed by atoms with Crippen LogP contribution in [-0.4, -0.2) is 16.5 Å². The number of aliphatic imine (C=N–C) groups is 1. The third-order valence-corrected chi connectivity index (χ3v) is 6.54. The fraction of sp³-hybridized carbons (Fsp3) is 0.167. The van der Waals surface area contributed by atoms with Crippen LogP contribution in [0.5, 0.6) is 0 Å². The lowest BCUT2D eigenvalue weighted by Gasteiger charge is -2.13. The predicted octanol–water partition coefficient (Wildman–Crippen LogP) is 7.19. The number of benzene rings is 2. The van der Waals surface area contributed by atoms with Crippen LogP contribution in [0, 0.1) is 5.92 Å². The maximum absolute atomic E-state index is 12.4. The summed E-state index contributed by atoms with van der Waals surface area (Å²) in [5.41, 5.74) is 9.17. The van der Waals surface area contributed by atoms with Gasteiger partial charge in [0, 0.05) is 51.9 Å². The number of carbonyl (C=O) groups excluding carboxylic acids is 1. The SMILES string of the molecule is C=C(/C=C\N=C/C)C(=O)Nc1cc(NC(=C)C2C(c3cc(N)cc(Cl)c3)C2(Cl)Cl)ccc1Cl. The van der Waals surface area contributed by atoms with Gasteiger partial charge in [0.2, 0.25) is 0 Å². The number of alkyl halides is 2. The molecular formula is C24H22Cl4N4O. The zero-order valence-electron chi connectivity index (χ0n) is 17.7. The van der Waals surface area contributed by atoms with Crippen molar-refractivity contribution in [1.29, 1.82) is 0 Å². The molecule has 2 aromatic rings. The van der Waals surface area contributed by atoms with Crippen molar-refractivity contribution >= 4 is 75.6 Å². The molecule has 3 rings (SSSR count). The van der Waals surface area contributed by atoms with Crippen molar-refractivity contribution in [3.05, 3.63) is 88.7 Å². The molecule has 172 valence electrons. The Hall–Kier alpha value is -2.44. The number of nitrogens with one attached hydrogen (secondary N) is 2. The Morgan fingerprint density at radius 2 is 1.88 bits per heavy atom. The van der Waals surface area contributed by atoms with Crippen molar-refractivity contribution in [2.45, 2.75) is 17.2 Å². The maximum atomic E-state index is 12.4. The average Bonchev–Trinajstić information content (AvgIpc) is 3.32. The van der Waals surface area contributed by atoms with Gasteiger partial charge in [0.25, 0.3) is 5.91 Å². The van der Waals surface area contributed by atoms with Crippen molar-refractivity contribution in [2.24, 2.45) is 10.9 Å². The number of nitrogens with two attached hydrogens (primary N) is 1. The van der Waals surface area contributed by atoms with Gasteiger partial charge < -0.3 is 16.4 Å². The lowest BCUT2D eigenvalue weighted by atomic mass is 10.1. The summed E-state index contributed by atoms with van der Waals surface area (Å²) in [6.07, 6.45) is 4.59. The molecule has 0 heterocycles. The van der Waals surface area contributed by atoms with E-state index in [1.807, 2.05) is 0 Å². The van der Waals surface area contributed by atoms with E-state index in [4.69, 9.17) is 52.1 Å². The van der Waals surface area contributed by atoms with Crippen LogP contribution in [0.25, 0.3) is 0 Å². The summed E-state index contributed by atoms with van der Waals surface area (Å²) >= 11 is 25.5. The summed E-state index contributed by atoms with van der Waals surface area (Å²) < 4.78 is -1.06. The van der Waals surface area contributed by atoms with Gasteiger partial charge in [0.1, 0.15) is 4.33 Å². The summed E-state index contributed by atoms with van der Waals surface area (Å²) in [6.45, 7) is 9.61. The summed E-state index contributed by atoms with van der Waals surface area (Å²) in [4.78, 5) is 16.3. The van der Waals surface area contributed by atoms with E-state index in [-0.39, 0.29) is 17.4 Å². The van der Waals surface area contributed by atoms with E-state index in [1.54, 1.807) is 49.5 Å². The van der Waals surface area contributed by atoms with Crippen molar-refractivity contribution < 1.29 is 4.79 Å². The highest BCUT2D eigenvalue weighted by atomic mass is 35.5. The number of hydrogen-bond donors (Lipinski definition) is 3. The van der Waals surface area contributed by atoms with Gasteiger partial charge in [-0.05, 0) is 55.0 Å². The van der Waals surface area contributed by atoms with Crippen molar-refractivity contribution in [3.63, 3.8) is 0 Å². The van der Waals surface area contributed by atoms with Gasteiger partial charge in [-0.1, -0.05) is 36.4 Å². The number of carbonyl (C=O) groups is 1.